The minimum absolute atomic E-state index is 0.666. The molecule has 5 heterocycles. The fourth-order valence-electron chi connectivity index (χ4n) is 8.37. The van der Waals surface area contributed by atoms with Crippen LogP contribution in [0.4, 0.5) is 0 Å². The summed E-state index contributed by atoms with van der Waals surface area (Å²) in [5.74, 6) is 1.40. The Bertz CT molecular complexity index is 3330. The molecule has 0 aliphatic carbocycles. The highest BCUT2D eigenvalue weighted by atomic mass is 16.3. The summed E-state index contributed by atoms with van der Waals surface area (Å²) >= 11 is 0. The molecular weight excluding hydrogens is 601 g/mol. The molecule has 0 saturated heterocycles. The number of aromatic nitrogens is 4. The minimum atomic E-state index is 0.666. The van der Waals surface area contributed by atoms with E-state index in [0.717, 1.165) is 38.9 Å². The van der Waals surface area contributed by atoms with Crippen molar-refractivity contribution < 1.29 is 4.42 Å². The lowest BCUT2D eigenvalue weighted by atomic mass is 10.0. The van der Waals surface area contributed by atoms with Gasteiger partial charge in [-0.25, -0.2) is 9.97 Å². The van der Waals surface area contributed by atoms with Crippen LogP contribution in [0.3, 0.4) is 0 Å². The third-order valence-corrected chi connectivity index (χ3v) is 10.4. The highest BCUT2D eigenvalue weighted by Crippen LogP contribution is 2.47. The molecule has 49 heavy (non-hydrogen) atoms. The summed E-state index contributed by atoms with van der Waals surface area (Å²) < 4.78 is 11.4. The number of rotatable bonds is 2. The molecule has 0 spiro atoms. The Labute approximate surface area is 278 Å². The Kier molecular flexibility index (Phi) is 4.66. The maximum Gasteiger partial charge on any atom is 0.197 e. The van der Waals surface area contributed by atoms with Crippen LogP contribution in [0.1, 0.15) is 0 Å². The quantitative estimate of drug-likeness (QED) is 0.192. The second-order valence-electron chi connectivity index (χ2n) is 13.0. The number of fused-ring (bicyclic) bond motifs is 14. The number of furan rings is 1. The van der Waals surface area contributed by atoms with Gasteiger partial charge in [0.1, 0.15) is 11.1 Å². The standard InChI is InChI=1S/C44H24N4O/c1-2-12-25(13-3-1)43-45-40-30-18-8-11-21-37(30)49-42(40)44(46-43)48-34-20-10-6-16-28(34)38-36(48)24-32-31-22-26-14-4-5-15-27(26)23-35(31)47-33-19-9-7-17-29(33)39(38)41(32)47/h1-24H. The molecule has 12 aromatic rings. The van der Waals surface area contributed by atoms with E-state index >= 15 is 0 Å². The Balaban J connectivity index is 1.34. The molecular formula is C44H24N4O. The first-order chi connectivity index (χ1) is 24.3. The van der Waals surface area contributed by atoms with E-state index in [0.29, 0.717) is 11.4 Å². The van der Waals surface area contributed by atoms with Crippen LogP contribution < -0.4 is 0 Å². The van der Waals surface area contributed by atoms with Gasteiger partial charge in [0.2, 0.25) is 0 Å². The van der Waals surface area contributed by atoms with Gasteiger partial charge >= 0.3 is 0 Å². The summed E-state index contributed by atoms with van der Waals surface area (Å²) in [5.41, 5.74) is 9.09. The molecule has 12 rings (SSSR count). The largest absolute Gasteiger partial charge is 0.450 e. The molecule has 0 N–H and O–H groups in total. The zero-order valence-electron chi connectivity index (χ0n) is 26.1. The second kappa shape index (κ2) is 9.00. The number of nitrogens with zero attached hydrogens (tertiary/aromatic N) is 4. The van der Waals surface area contributed by atoms with E-state index in [1.54, 1.807) is 0 Å². The first-order valence-corrected chi connectivity index (χ1v) is 16.6. The third-order valence-electron chi connectivity index (χ3n) is 10.4. The summed E-state index contributed by atoms with van der Waals surface area (Å²) in [6.07, 6.45) is 0. The van der Waals surface area contributed by atoms with Crippen molar-refractivity contribution in [3.8, 4) is 17.2 Å². The molecule has 0 saturated carbocycles. The maximum atomic E-state index is 6.66. The van der Waals surface area contributed by atoms with Crippen molar-refractivity contribution in [3.63, 3.8) is 0 Å². The van der Waals surface area contributed by atoms with Gasteiger partial charge < -0.3 is 8.82 Å². The number of para-hydroxylation sites is 3. The lowest BCUT2D eigenvalue weighted by Gasteiger charge is -2.10. The fraction of sp³-hybridized carbons (Fsp3) is 0. The molecule has 0 unspecified atom stereocenters. The van der Waals surface area contributed by atoms with Crippen LogP contribution in [0, 0.1) is 0 Å². The highest BCUT2D eigenvalue weighted by molar-refractivity contribution is 6.36. The van der Waals surface area contributed by atoms with E-state index in [4.69, 9.17) is 14.4 Å². The van der Waals surface area contributed by atoms with Gasteiger partial charge in [0.05, 0.1) is 27.6 Å². The Morgan fingerprint density at radius 2 is 1.14 bits per heavy atom. The lowest BCUT2D eigenvalue weighted by molar-refractivity contribution is 0.662. The number of benzene rings is 7. The number of hydrogen-bond acceptors (Lipinski definition) is 3. The van der Waals surface area contributed by atoms with Gasteiger partial charge in [0, 0.05) is 43.3 Å². The summed E-state index contributed by atoms with van der Waals surface area (Å²) in [4.78, 5) is 10.5. The lowest BCUT2D eigenvalue weighted by Crippen LogP contribution is -2.01. The van der Waals surface area contributed by atoms with Crippen molar-refractivity contribution >= 4 is 92.7 Å². The average molecular weight is 625 g/mol. The van der Waals surface area contributed by atoms with E-state index in [-0.39, 0.29) is 0 Å². The molecule has 0 amide bonds. The van der Waals surface area contributed by atoms with E-state index in [9.17, 15) is 0 Å². The molecule has 5 aromatic heterocycles. The molecule has 5 heteroatoms. The normalized spacial score (nSPS) is 12.5. The maximum absolute atomic E-state index is 6.66. The van der Waals surface area contributed by atoms with Crippen molar-refractivity contribution in [2.24, 2.45) is 0 Å². The van der Waals surface area contributed by atoms with Gasteiger partial charge in [0.15, 0.2) is 17.2 Å². The molecule has 0 fully saturated rings. The SMILES string of the molecule is c1ccc(-c2nc(-n3c4ccccc4c4c5c6ccccc6n6c7cc8ccccc8cc7c(cc43)c56)c3oc4ccccc4c3n2)cc1. The predicted molar refractivity (Wildman–Crippen MR) is 201 cm³/mol. The zero-order valence-corrected chi connectivity index (χ0v) is 26.1. The minimum Gasteiger partial charge on any atom is -0.450 e. The van der Waals surface area contributed by atoms with Crippen molar-refractivity contribution in [3.05, 3.63) is 146 Å². The van der Waals surface area contributed by atoms with Crippen LogP contribution in [0.5, 0.6) is 0 Å². The molecule has 0 radical (unpaired) electrons. The topological polar surface area (TPSA) is 48.3 Å². The van der Waals surface area contributed by atoms with Gasteiger partial charge in [-0.1, -0.05) is 103 Å². The van der Waals surface area contributed by atoms with Crippen molar-refractivity contribution in [1.82, 2.24) is 18.9 Å². The molecule has 0 aliphatic heterocycles. The van der Waals surface area contributed by atoms with Crippen molar-refractivity contribution in [1.29, 1.82) is 0 Å². The zero-order chi connectivity index (χ0) is 31.8. The molecule has 5 nitrogen and oxygen atoms in total. The molecule has 7 aromatic carbocycles. The highest BCUT2D eigenvalue weighted by Gasteiger charge is 2.27. The third kappa shape index (κ3) is 3.19. The van der Waals surface area contributed by atoms with Crippen LogP contribution in [0.2, 0.25) is 0 Å². The Hall–Kier alpha value is -6.72. The smallest absolute Gasteiger partial charge is 0.197 e. The Morgan fingerprint density at radius 1 is 0.469 bits per heavy atom. The fourth-order valence-corrected chi connectivity index (χ4v) is 8.37. The van der Waals surface area contributed by atoms with Gasteiger partial charge in [0.25, 0.3) is 0 Å². The molecule has 226 valence electrons. The van der Waals surface area contributed by atoms with E-state index in [1.165, 1.54) is 59.6 Å². The van der Waals surface area contributed by atoms with E-state index < -0.39 is 0 Å². The van der Waals surface area contributed by atoms with Crippen LogP contribution in [-0.4, -0.2) is 18.9 Å². The van der Waals surface area contributed by atoms with Crippen molar-refractivity contribution in [2.45, 2.75) is 0 Å². The summed E-state index contributed by atoms with van der Waals surface area (Å²) in [6.45, 7) is 0. The summed E-state index contributed by atoms with van der Waals surface area (Å²) in [6, 6.07) is 51.6. The van der Waals surface area contributed by atoms with Crippen LogP contribution in [0.15, 0.2) is 150 Å². The van der Waals surface area contributed by atoms with Crippen LogP contribution >= 0.6 is 0 Å². The van der Waals surface area contributed by atoms with Gasteiger partial charge in [-0.2, -0.15) is 0 Å². The first kappa shape index (κ1) is 25.4. The Morgan fingerprint density at radius 3 is 1.98 bits per heavy atom. The van der Waals surface area contributed by atoms with Gasteiger partial charge in [-0.3, -0.25) is 4.57 Å². The summed E-state index contributed by atoms with van der Waals surface area (Å²) in [7, 11) is 0. The monoisotopic (exact) mass is 624 g/mol. The van der Waals surface area contributed by atoms with Crippen LogP contribution in [-0.2, 0) is 0 Å². The second-order valence-corrected chi connectivity index (χ2v) is 13.0. The van der Waals surface area contributed by atoms with E-state index in [2.05, 4.69) is 118 Å². The molecule has 0 aliphatic rings. The van der Waals surface area contributed by atoms with Gasteiger partial charge in [-0.15, -0.1) is 0 Å². The van der Waals surface area contributed by atoms with Crippen LogP contribution in [0.25, 0.3) is 110 Å². The summed E-state index contributed by atoms with van der Waals surface area (Å²) in [5, 5.41) is 10.8. The first-order valence-electron chi connectivity index (χ1n) is 16.6. The molecule has 0 bridgehead atoms. The van der Waals surface area contributed by atoms with E-state index in [1.807, 2.05) is 36.4 Å². The molecule has 0 atom stereocenters. The average Bonchev–Trinajstić information content (AvgIpc) is 3.89. The predicted octanol–water partition coefficient (Wildman–Crippen LogP) is 11.4. The van der Waals surface area contributed by atoms with Gasteiger partial charge in [-0.05, 0) is 53.2 Å². The van der Waals surface area contributed by atoms with Crippen molar-refractivity contribution in [2.75, 3.05) is 0 Å². The number of hydrogen-bond donors (Lipinski definition) is 0.